The summed E-state index contributed by atoms with van der Waals surface area (Å²) in [5.74, 6) is 0.344. The van der Waals surface area contributed by atoms with E-state index in [1.807, 2.05) is 19.1 Å². The Morgan fingerprint density at radius 2 is 1.94 bits per heavy atom. The Bertz CT molecular complexity index is 461. The maximum absolute atomic E-state index is 11.4. The van der Waals surface area contributed by atoms with Crippen molar-refractivity contribution in [3.8, 4) is 11.5 Å². The number of hydrogen-bond donors (Lipinski definition) is 1. The van der Waals surface area contributed by atoms with Crippen LogP contribution in [0.4, 0.5) is 0 Å². The van der Waals surface area contributed by atoms with E-state index in [-0.39, 0.29) is 0 Å². The topological polar surface area (TPSA) is 55.8 Å². The lowest BCUT2D eigenvalue weighted by Gasteiger charge is -2.18. The molecule has 1 fully saturated rings. The van der Waals surface area contributed by atoms with Crippen molar-refractivity contribution in [2.75, 3.05) is 14.2 Å². The molecule has 2 rings (SSSR count). The SMILES string of the molecule is COc1cc(C)cc(C2(C(=O)O)CC2)c1OC. The molecule has 1 N–H and O–H groups in total. The Morgan fingerprint density at radius 1 is 1.29 bits per heavy atom. The second-order valence-electron chi connectivity index (χ2n) is 4.44. The van der Waals surface area contributed by atoms with Gasteiger partial charge in [0.05, 0.1) is 19.6 Å². The fourth-order valence-corrected chi connectivity index (χ4v) is 2.18. The van der Waals surface area contributed by atoms with E-state index in [1.54, 1.807) is 7.11 Å². The molecule has 0 unspecified atom stereocenters. The van der Waals surface area contributed by atoms with Crippen molar-refractivity contribution in [1.82, 2.24) is 0 Å². The van der Waals surface area contributed by atoms with E-state index in [1.165, 1.54) is 7.11 Å². The van der Waals surface area contributed by atoms with Crippen molar-refractivity contribution in [2.24, 2.45) is 0 Å². The van der Waals surface area contributed by atoms with Gasteiger partial charge in [-0.3, -0.25) is 4.79 Å². The van der Waals surface area contributed by atoms with Gasteiger partial charge in [-0.15, -0.1) is 0 Å². The number of benzene rings is 1. The van der Waals surface area contributed by atoms with Crippen molar-refractivity contribution in [2.45, 2.75) is 25.2 Å². The minimum absolute atomic E-state index is 0.540. The molecule has 1 aromatic rings. The zero-order chi connectivity index (χ0) is 12.6. The van der Waals surface area contributed by atoms with Crippen molar-refractivity contribution in [3.63, 3.8) is 0 Å². The normalized spacial score (nSPS) is 16.4. The Kier molecular flexibility index (Phi) is 2.73. The monoisotopic (exact) mass is 236 g/mol. The van der Waals surface area contributed by atoms with Gasteiger partial charge in [0.15, 0.2) is 11.5 Å². The number of ether oxygens (including phenoxy) is 2. The molecular formula is C13H16O4. The Balaban J connectivity index is 2.60. The second kappa shape index (κ2) is 3.95. The van der Waals surface area contributed by atoms with Crippen LogP contribution >= 0.6 is 0 Å². The van der Waals surface area contributed by atoms with E-state index in [2.05, 4.69) is 0 Å². The molecule has 4 nitrogen and oxygen atoms in total. The summed E-state index contributed by atoms with van der Waals surface area (Å²) >= 11 is 0. The van der Waals surface area contributed by atoms with Crippen LogP contribution in [-0.2, 0) is 10.2 Å². The summed E-state index contributed by atoms with van der Waals surface area (Å²) in [7, 11) is 3.09. The number of hydrogen-bond acceptors (Lipinski definition) is 3. The molecule has 92 valence electrons. The molecule has 0 radical (unpaired) electrons. The standard InChI is InChI=1S/C13H16O4/c1-8-6-9(13(4-5-13)12(14)15)11(17-3)10(7-8)16-2/h6-7H,4-5H2,1-3H3,(H,14,15). The zero-order valence-electron chi connectivity index (χ0n) is 10.2. The number of aliphatic carboxylic acids is 1. The predicted molar refractivity (Wildman–Crippen MR) is 62.8 cm³/mol. The first-order valence-corrected chi connectivity index (χ1v) is 5.51. The third-order valence-corrected chi connectivity index (χ3v) is 3.30. The number of methoxy groups -OCH3 is 2. The highest BCUT2D eigenvalue weighted by Gasteiger charge is 2.53. The maximum Gasteiger partial charge on any atom is 0.314 e. The molecule has 0 aromatic heterocycles. The van der Waals surface area contributed by atoms with E-state index >= 15 is 0 Å². The first kappa shape index (κ1) is 11.8. The molecular weight excluding hydrogens is 220 g/mol. The first-order valence-electron chi connectivity index (χ1n) is 5.51. The molecule has 0 bridgehead atoms. The zero-order valence-corrected chi connectivity index (χ0v) is 10.2. The van der Waals surface area contributed by atoms with Crippen LogP contribution in [0.2, 0.25) is 0 Å². The number of carboxylic acid groups (broad SMARTS) is 1. The molecule has 17 heavy (non-hydrogen) atoms. The van der Waals surface area contributed by atoms with Gasteiger partial charge in [0.2, 0.25) is 0 Å². The molecule has 0 spiro atoms. The molecule has 1 saturated carbocycles. The van der Waals surface area contributed by atoms with Crippen LogP contribution in [-0.4, -0.2) is 25.3 Å². The third kappa shape index (κ3) is 1.73. The molecule has 0 heterocycles. The first-order chi connectivity index (χ1) is 8.05. The lowest BCUT2D eigenvalue weighted by molar-refractivity contribution is -0.140. The van der Waals surface area contributed by atoms with Gasteiger partial charge in [-0.05, 0) is 31.4 Å². The highest BCUT2D eigenvalue weighted by atomic mass is 16.5. The van der Waals surface area contributed by atoms with Crippen molar-refractivity contribution in [3.05, 3.63) is 23.3 Å². The highest BCUT2D eigenvalue weighted by Crippen LogP contribution is 2.53. The Hall–Kier alpha value is -1.71. The van der Waals surface area contributed by atoms with Gasteiger partial charge in [0.25, 0.3) is 0 Å². The van der Waals surface area contributed by atoms with Crippen LogP contribution in [0.5, 0.6) is 11.5 Å². The smallest absolute Gasteiger partial charge is 0.314 e. The van der Waals surface area contributed by atoms with Crippen LogP contribution in [0.25, 0.3) is 0 Å². The van der Waals surface area contributed by atoms with E-state index in [0.717, 1.165) is 11.1 Å². The van der Waals surface area contributed by atoms with Crippen molar-refractivity contribution < 1.29 is 19.4 Å². The van der Waals surface area contributed by atoms with Crippen LogP contribution in [0, 0.1) is 6.92 Å². The molecule has 0 aliphatic heterocycles. The van der Waals surface area contributed by atoms with Gasteiger partial charge in [-0.25, -0.2) is 0 Å². The van der Waals surface area contributed by atoms with Crippen LogP contribution in [0.1, 0.15) is 24.0 Å². The number of carboxylic acids is 1. The third-order valence-electron chi connectivity index (χ3n) is 3.30. The van der Waals surface area contributed by atoms with Gasteiger partial charge >= 0.3 is 5.97 Å². The fourth-order valence-electron chi connectivity index (χ4n) is 2.18. The summed E-state index contributed by atoms with van der Waals surface area (Å²) in [6, 6.07) is 3.72. The Morgan fingerprint density at radius 3 is 2.35 bits per heavy atom. The fraction of sp³-hybridized carbons (Fsp3) is 0.462. The van der Waals surface area contributed by atoms with E-state index in [4.69, 9.17) is 9.47 Å². The molecule has 0 atom stereocenters. The average molecular weight is 236 g/mol. The van der Waals surface area contributed by atoms with Crippen molar-refractivity contribution in [1.29, 1.82) is 0 Å². The molecule has 1 aliphatic rings. The average Bonchev–Trinajstić information content (AvgIpc) is 3.08. The molecule has 4 heteroatoms. The van der Waals surface area contributed by atoms with Gasteiger partial charge in [0.1, 0.15) is 0 Å². The van der Waals surface area contributed by atoms with Gasteiger partial charge in [0, 0.05) is 5.56 Å². The summed E-state index contributed by atoms with van der Waals surface area (Å²) in [5, 5.41) is 9.34. The van der Waals surface area contributed by atoms with Crippen LogP contribution in [0.3, 0.4) is 0 Å². The van der Waals surface area contributed by atoms with E-state index in [0.29, 0.717) is 24.3 Å². The summed E-state index contributed by atoms with van der Waals surface area (Å²) in [5.41, 5.74) is 0.930. The van der Waals surface area contributed by atoms with Gasteiger partial charge < -0.3 is 14.6 Å². The number of carbonyl (C=O) groups is 1. The lowest BCUT2D eigenvalue weighted by atomic mass is 9.93. The predicted octanol–water partition coefficient (Wildman–Crippen LogP) is 2.13. The number of aryl methyl sites for hydroxylation is 1. The molecule has 1 aromatic carbocycles. The molecule has 0 amide bonds. The minimum atomic E-state index is -0.788. The van der Waals surface area contributed by atoms with Gasteiger partial charge in [-0.1, -0.05) is 6.07 Å². The lowest BCUT2D eigenvalue weighted by Crippen LogP contribution is -2.20. The van der Waals surface area contributed by atoms with E-state index in [9.17, 15) is 9.90 Å². The van der Waals surface area contributed by atoms with Crippen LogP contribution in [0.15, 0.2) is 12.1 Å². The minimum Gasteiger partial charge on any atom is -0.493 e. The summed E-state index contributed by atoms with van der Waals surface area (Å²) < 4.78 is 10.6. The van der Waals surface area contributed by atoms with E-state index < -0.39 is 11.4 Å². The summed E-state index contributed by atoms with van der Waals surface area (Å²) in [4.78, 5) is 11.4. The maximum atomic E-state index is 11.4. The van der Waals surface area contributed by atoms with Crippen molar-refractivity contribution >= 4 is 5.97 Å². The van der Waals surface area contributed by atoms with Gasteiger partial charge in [-0.2, -0.15) is 0 Å². The second-order valence-corrected chi connectivity index (χ2v) is 4.44. The largest absolute Gasteiger partial charge is 0.493 e. The number of rotatable bonds is 4. The molecule has 0 saturated heterocycles. The summed E-state index contributed by atoms with van der Waals surface area (Å²) in [6.45, 7) is 1.92. The van der Waals surface area contributed by atoms with Crippen LogP contribution < -0.4 is 9.47 Å². The quantitative estimate of drug-likeness (QED) is 0.870. The summed E-state index contributed by atoms with van der Waals surface area (Å²) in [6.07, 6.45) is 1.32. The highest BCUT2D eigenvalue weighted by molar-refractivity contribution is 5.86. The molecule has 1 aliphatic carbocycles. The Labute approximate surface area is 100 Å².